The van der Waals surface area contributed by atoms with Crippen molar-refractivity contribution in [1.82, 2.24) is 4.72 Å². The minimum absolute atomic E-state index is 0.0590. The van der Waals surface area contributed by atoms with Gasteiger partial charge in [0, 0.05) is 18.7 Å². The van der Waals surface area contributed by atoms with Gasteiger partial charge in [-0.15, -0.1) is 0 Å². The molecule has 0 aliphatic rings. The van der Waals surface area contributed by atoms with Crippen molar-refractivity contribution in [2.24, 2.45) is 0 Å². The van der Waals surface area contributed by atoms with Crippen LogP contribution in [0.25, 0.3) is 0 Å². The summed E-state index contributed by atoms with van der Waals surface area (Å²) >= 11 is 0. The van der Waals surface area contributed by atoms with E-state index in [9.17, 15) is 13.2 Å². The number of carbonyl (C=O) groups is 1. The van der Waals surface area contributed by atoms with Crippen LogP contribution < -0.4 is 10.0 Å². The van der Waals surface area contributed by atoms with Crippen LogP contribution in [-0.4, -0.2) is 20.9 Å². The molecule has 0 bridgehead atoms. The maximum Gasteiger partial charge on any atom is 0.240 e. The Kier molecular flexibility index (Phi) is 6.33. The van der Waals surface area contributed by atoms with Gasteiger partial charge in [0.1, 0.15) is 0 Å². The summed E-state index contributed by atoms with van der Waals surface area (Å²) in [5.74, 6) is -0.0590. The summed E-state index contributed by atoms with van der Waals surface area (Å²) in [6.07, 6.45) is 0.894. The topological polar surface area (TPSA) is 75.3 Å². The number of hydrogen-bond acceptors (Lipinski definition) is 3. The van der Waals surface area contributed by atoms with Crippen molar-refractivity contribution in [3.63, 3.8) is 0 Å². The van der Waals surface area contributed by atoms with Gasteiger partial charge in [-0.2, -0.15) is 0 Å². The Labute approximate surface area is 149 Å². The van der Waals surface area contributed by atoms with Gasteiger partial charge in [-0.05, 0) is 49.6 Å². The molecule has 0 aromatic heterocycles. The predicted octanol–water partition coefficient (Wildman–Crippen LogP) is 3.17. The number of amides is 1. The highest BCUT2D eigenvalue weighted by atomic mass is 32.2. The van der Waals surface area contributed by atoms with Crippen LogP contribution in [0.15, 0.2) is 47.4 Å². The fraction of sp³-hybridized carbons (Fsp3) is 0.316. The van der Waals surface area contributed by atoms with Gasteiger partial charge in [0.25, 0.3) is 0 Å². The number of aryl methyl sites for hydroxylation is 3. The molecule has 1 amide bonds. The molecule has 0 spiro atoms. The van der Waals surface area contributed by atoms with Crippen molar-refractivity contribution in [2.45, 2.75) is 38.5 Å². The molecule has 25 heavy (non-hydrogen) atoms. The Morgan fingerprint density at radius 3 is 2.32 bits per heavy atom. The van der Waals surface area contributed by atoms with Crippen LogP contribution in [0.5, 0.6) is 0 Å². The van der Waals surface area contributed by atoms with Crippen molar-refractivity contribution in [1.29, 1.82) is 0 Å². The molecule has 2 rings (SSSR count). The second kappa shape index (κ2) is 8.27. The molecule has 0 aliphatic heterocycles. The average Bonchev–Trinajstić information content (AvgIpc) is 2.56. The number of nitrogens with one attached hydrogen (secondary N) is 2. The van der Waals surface area contributed by atoms with Crippen LogP contribution in [0.1, 0.15) is 30.0 Å². The number of carbonyl (C=O) groups excluding carboxylic acids is 1. The first-order valence-electron chi connectivity index (χ1n) is 8.27. The third-order valence-corrected chi connectivity index (χ3v) is 5.43. The molecule has 2 aromatic rings. The molecule has 0 saturated carbocycles. The van der Waals surface area contributed by atoms with Crippen molar-refractivity contribution in [3.8, 4) is 0 Å². The molecule has 6 heteroatoms. The van der Waals surface area contributed by atoms with Gasteiger partial charge in [-0.1, -0.05) is 36.8 Å². The van der Waals surface area contributed by atoms with E-state index in [-0.39, 0.29) is 10.8 Å². The second-order valence-electron chi connectivity index (χ2n) is 6.01. The molecule has 2 aromatic carbocycles. The fourth-order valence-electron chi connectivity index (χ4n) is 2.53. The van der Waals surface area contributed by atoms with Gasteiger partial charge < -0.3 is 5.32 Å². The van der Waals surface area contributed by atoms with E-state index in [0.717, 1.165) is 22.4 Å². The zero-order valence-corrected chi connectivity index (χ0v) is 15.6. The summed E-state index contributed by atoms with van der Waals surface area (Å²) in [6, 6.07) is 12.5. The summed E-state index contributed by atoms with van der Waals surface area (Å²) in [4.78, 5) is 12.4. The second-order valence-corrected chi connectivity index (χ2v) is 7.78. The fourth-order valence-corrected chi connectivity index (χ4v) is 3.57. The van der Waals surface area contributed by atoms with Crippen molar-refractivity contribution in [2.75, 3.05) is 11.9 Å². The van der Waals surface area contributed by atoms with E-state index in [2.05, 4.69) is 10.0 Å². The first-order chi connectivity index (χ1) is 11.8. The Morgan fingerprint density at radius 2 is 1.72 bits per heavy atom. The molecule has 0 unspecified atom stereocenters. The Bertz CT molecular complexity index is 843. The first kappa shape index (κ1) is 19.1. The zero-order chi connectivity index (χ0) is 18.4. The van der Waals surface area contributed by atoms with Crippen LogP contribution in [-0.2, 0) is 21.2 Å². The monoisotopic (exact) mass is 360 g/mol. The van der Waals surface area contributed by atoms with Crippen LogP contribution in [0.3, 0.4) is 0 Å². The normalized spacial score (nSPS) is 11.3. The molecular formula is C19H24N2O3S. The van der Waals surface area contributed by atoms with Crippen molar-refractivity contribution < 1.29 is 13.2 Å². The highest BCUT2D eigenvalue weighted by molar-refractivity contribution is 7.89. The first-order valence-corrected chi connectivity index (χ1v) is 9.76. The van der Waals surface area contributed by atoms with Gasteiger partial charge in [0.2, 0.25) is 15.9 Å². The quantitative estimate of drug-likeness (QED) is 0.796. The average molecular weight is 360 g/mol. The highest BCUT2D eigenvalue weighted by Gasteiger charge is 2.12. The van der Waals surface area contributed by atoms with Gasteiger partial charge >= 0.3 is 0 Å². The van der Waals surface area contributed by atoms with Gasteiger partial charge in [0.15, 0.2) is 0 Å². The van der Waals surface area contributed by atoms with Crippen LogP contribution in [0.4, 0.5) is 5.69 Å². The Balaban J connectivity index is 1.93. The van der Waals surface area contributed by atoms with Crippen molar-refractivity contribution in [3.05, 3.63) is 59.2 Å². The summed E-state index contributed by atoms with van der Waals surface area (Å²) in [7, 11) is -3.44. The lowest BCUT2D eigenvalue weighted by Gasteiger charge is -2.09. The molecule has 0 saturated heterocycles. The minimum Gasteiger partial charge on any atom is -0.326 e. The lowest BCUT2D eigenvalue weighted by atomic mass is 10.1. The van der Waals surface area contributed by atoms with E-state index in [0.29, 0.717) is 19.4 Å². The molecule has 2 N–H and O–H groups in total. The molecule has 0 radical (unpaired) electrons. The standard InChI is InChI=1S/C19H24N2O3S/c1-4-20-25(23,24)17-9-6-16(7-10-17)8-12-19(22)21-18-11-5-14(2)13-15(18)3/h5-7,9-11,13,20H,4,8,12H2,1-3H3,(H,21,22). The third kappa shape index (κ3) is 5.41. The number of hydrogen-bond donors (Lipinski definition) is 2. The lowest BCUT2D eigenvalue weighted by Crippen LogP contribution is -2.23. The predicted molar refractivity (Wildman–Crippen MR) is 100 cm³/mol. The SMILES string of the molecule is CCNS(=O)(=O)c1ccc(CCC(=O)Nc2ccc(C)cc2C)cc1. The Morgan fingerprint density at radius 1 is 1.04 bits per heavy atom. The van der Waals surface area contributed by atoms with E-state index >= 15 is 0 Å². The summed E-state index contributed by atoms with van der Waals surface area (Å²) in [6.45, 7) is 6.06. The molecule has 0 fully saturated rings. The van der Waals surface area contributed by atoms with E-state index in [4.69, 9.17) is 0 Å². The number of benzene rings is 2. The van der Waals surface area contributed by atoms with Gasteiger partial charge in [0.05, 0.1) is 4.90 Å². The zero-order valence-electron chi connectivity index (χ0n) is 14.8. The largest absolute Gasteiger partial charge is 0.326 e. The number of rotatable bonds is 7. The van der Waals surface area contributed by atoms with Gasteiger partial charge in [-0.3, -0.25) is 4.79 Å². The van der Waals surface area contributed by atoms with E-state index < -0.39 is 10.0 Å². The molecule has 0 aliphatic carbocycles. The van der Waals surface area contributed by atoms with E-state index in [1.165, 1.54) is 0 Å². The summed E-state index contributed by atoms with van der Waals surface area (Å²) in [5, 5.41) is 2.92. The minimum atomic E-state index is -3.44. The highest BCUT2D eigenvalue weighted by Crippen LogP contribution is 2.17. The number of sulfonamides is 1. The Hall–Kier alpha value is -2.18. The van der Waals surface area contributed by atoms with Crippen molar-refractivity contribution >= 4 is 21.6 Å². The van der Waals surface area contributed by atoms with Crippen LogP contribution >= 0.6 is 0 Å². The van der Waals surface area contributed by atoms with Crippen LogP contribution in [0, 0.1) is 13.8 Å². The third-order valence-electron chi connectivity index (χ3n) is 3.86. The molecule has 0 heterocycles. The maximum atomic E-state index is 12.1. The smallest absolute Gasteiger partial charge is 0.240 e. The summed E-state index contributed by atoms with van der Waals surface area (Å²) < 4.78 is 26.2. The molecule has 134 valence electrons. The summed E-state index contributed by atoms with van der Waals surface area (Å²) in [5.41, 5.74) is 3.93. The lowest BCUT2D eigenvalue weighted by molar-refractivity contribution is -0.116. The van der Waals surface area contributed by atoms with E-state index in [1.54, 1.807) is 31.2 Å². The molecular weight excluding hydrogens is 336 g/mol. The molecule has 0 atom stereocenters. The molecule has 5 nitrogen and oxygen atoms in total. The van der Waals surface area contributed by atoms with Gasteiger partial charge in [-0.25, -0.2) is 13.1 Å². The number of anilines is 1. The van der Waals surface area contributed by atoms with E-state index in [1.807, 2.05) is 32.0 Å². The maximum absolute atomic E-state index is 12.1. The van der Waals surface area contributed by atoms with Crippen LogP contribution in [0.2, 0.25) is 0 Å².